The van der Waals surface area contributed by atoms with Crippen molar-refractivity contribution in [1.82, 2.24) is 5.32 Å². The molecule has 2 aromatic carbocycles. The van der Waals surface area contributed by atoms with E-state index in [1.807, 2.05) is 41.7 Å². The highest BCUT2D eigenvalue weighted by molar-refractivity contribution is 8.19. The number of nitro benzene ring substituents is 1. The fraction of sp³-hybridized carbons (Fsp3) is 0.222. The maximum absolute atomic E-state index is 12.1. The lowest BCUT2D eigenvalue weighted by atomic mass is 10.2. The first-order valence-electron chi connectivity index (χ1n) is 8.18. The minimum Gasteiger partial charge on any atom is -0.343 e. The Morgan fingerprint density at radius 1 is 1.11 bits per heavy atom. The van der Waals surface area contributed by atoms with E-state index >= 15 is 0 Å². The van der Waals surface area contributed by atoms with Crippen LogP contribution in [0.1, 0.15) is 20.5 Å². The first-order valence-corrected chi connectivity index (χ1v) is 10.3. The Bertz CT molecular complexity index is 869. The Labute approximate surface area is 164 Å². The Morgan fingerprint density at radius 3 is 2.59 bits per heavy atom. The second-order valence-corrected chi connectivity index (χ2v) is 8.46. The number of carbonyl (C=O) groups excluding carboxylic acids is 2. The van der Waals surface area contributed by atoms with Crippen LogP contribution in [-0.4, -0.2) is 34.8 Å². The first kappa shape index (κ1) is 19.2. The third-order valence-corrected chi connectivity index (χ3v) is 6.90. The summed E-state index contributed by atoms with van der Waals surface area (Å²) in [5.41, 5.74) is 1.79. The number of rotatable bonds is 6. The van der Waals surface area contributed by atoms with E-state index in [-0.39, 0.29) is 23.7 Å². The summed E-state index contributed by atoms with van der Waals surface area (Å²) in [4.78, 5) is 34.4. The van der Waals surface area contributed by atoms with Crippen molar-refractivity contribution in [3.63, 3.8) is 0 Å². The summed E-state index contributed by atoms with van der Waals surface area (Å²) >= 11 is 3.77. The number of nitrogens with zero attached hydrogens (tertiary/aromatic N) is 1. The normalized spacial score (nSPS) is 13.9. The first-order chi connectivity index (χ1) is 13.0. The fourth-order valence-electron chi connectivity index (χ4n) is 2.54. The van der Waals surface area contributed by atoms with E-state index in [1.165, 1.54) is 24.3 Å². The number of non-ortho nitro benzene ring substituents is 1. The van der Waals surface area contributed by atoms with Gasteiger partial charge in [0, 0.05) is 34.9 Å². The van der Waals surface area contributed by atoms with Gasteiger partial charge in [-0.3, -0.25) is 19.7 Å². The van der Waals surface area contributed by atoms with Crippen LogP contribution in [0.2, 0.25) is 0 Å². The third-order valence-electron chi connectivity index (χ3n) is 3.79. The minimum atomic E-state index is -0.572. The number of anilines is 1. The van der Waals surface area contributed by atoms with Gasteiger partial charge in [0.2, 0.25) is 5.91 Å². The smallest absolute Gasteiger partial charge is 0.270 e. The van der Waals surface area contributed by atoms with Gasteiger partial charge in [-0.05, 0) is 23.8 Å². The van der Waals surface area contributed by atoms with Crippen molar-refractivity contribution < 1.29 is 14.5 Å². The van der Waals surface area contributed by atoms with Crippen molar-refractivity contribution in [2.75, 3.05) is 23.4 Å². The van der Waals surface area contributed by atoms with E-state index in [9.17, 15) is 19.7 Å². The predicted molar refractivity (Wildman–Crippen MR) is 108 cm³/mol. The summed E-state index contributed by atoms with van der Waals surface area (Å²) in [6, 6.07) is 13.0. The maximum atomic E-state index is 12.1. The number of benzene rings is 2. The monoisotopic (exact) mass is 403 g/mol. The molecular formula is C18H17N3O4S2. The quantitative estimate of drug-likeness (QED) is 0.566. The van der Waals surface area contributed by atoms with Gasteiger partial charge in [0.1, 0.15) is 0 Å². The van der Waals surface area contributed by atoms with E-state index < -0.39 is 10.8 Å². The lowest BCUT2D eigenvalue weighted by molar-refractivity contribution is -0.384. The molecule has 0 bridgehead atoms. The molecule has 2 aromatic rings. The Balaban J connectivity index is 1.55. The standard InChI is InChI=1S/C18H17N3O4S2/c22-16(11-19-17(23)12-3-2-6-15(10-12)21(24)25)20-14-5-1-4-13(9-14)18-26-7-8-27-18/h1-6,9-10,18H,7-8,11H2,(H,19,23)(H,20,22). The molecule has 2 N–H and O–H groups in total. The van der Waals surface area contributed by atoms with E-state index in [4.69, 9.17) is 0 Å². The number of nitrogens with one attached hydrogen (secondary N) is 2. The summed E-state index contributed by atoms with van der Waals surface area (Å²) in [6.07, 6.45) is 0. The lowest BCUT2D eigenvalue weighted by Gasteiger charge is -2.11. The largest absolute Gasteiger partial charge is 0.343 e. The van der Waals surface area contributed by atoms with Gasteiger partial charge in [0.15, 0.2) is 0 Å². The van der Waals surface area contributed by atoms with Crippen LogP contribution in [0.3, 0.4) is 0 Å². The van der Waals surface area contributed by atoms with Crippen molar-refractivity contribution in [2.45, 2.75) is 4.58 Å². The molecule has 1 heterocycles. The van der Waals surface area contributed by atoms with Crippen LogP contribution in [0.25, 0.3) is 0 Å². The Hall–Kier alpha value is -2.52. The van der Waals surface area contributed by atoms with Gasteiger partial charge in [-0.25, -0.2) is 0 Å². The molecule has 0 spiro atoms. The summed E-state index contributed by atoms with van der Waals surface area (Å²) in [5, 5.41) is 16.0. The van der Waals surface area contributed by atoms with Gasteiger partial charge >= 0.3 is 0 Å². The molecule has 1 aliphatic heterocycles. The van der Waals surface area contributed by atoms with Crippen LogP contribution in [0.5, 0.6) is 0 Å². The van der Waals surface area contributed by atoms with Gasteiger partial charge in [0.25, 0.3) is 11.6 Å². The third kappa shape index (κ3) is 5.24. The Morgan fingerprint density at radius 2 is 1.85 bits per heavy atom. The molecule has 0 atom stereocenters. The second-order valence-electron chi connectivity index (χ2n) is 5.74. The zero-order chi connectivity index (χ0) is 19.2. The second kappa shape index (κ2) is 8.92. The number of amides is 2. The Kier molecular flexibility index (Phi) is 6.36. The molecule has 2 amide bonds. The highest BCUT2D eigenvalue weighted by atomic mass is 32.2. The van der Waals surface area contributed by atoms with Crippen LogP contribution in [0.15, 0.2) is 48.5 Å². The molecule has 0 radical (unpaired) electrons. The van der Waals surface area contributed by atoms with Gasteiger partial charge in [0.05, 0.1) is 16.1 Å². The van der Waals surface area contributed by atoms with Crippen LogP contribution < -0.4 is 10.6 Å². The molecule has 0 aromatic heterocycles. The fourth-order valence-corrected chi connectivity index (χ4v) is 5.38. The van der Waals surface area contributed by atoms with Crippen molar-refractivity contribution in [1.29, 1.82) is 0 Å². The molecule has 27 heavy (non-hydrogen) atoms. The van der Waals surface area contributed by atoms with Gasteiger partial charge in [-0.2, -0.15) is 0 Å². The number of hydrogen-bond donors (Lipinski definition) is 2. The van der Waals surface area contributed by atoms with E-state index in [1.54, 1.807) is 6.07 Å². The van der Waals surface area contributed by atoms with Crippen molar-refractivity contribution in [2.24, 2.45) is 0 Å². The lowest BCUT2D eigenvalue weighted by Crippen LogP contribution is -2.32. The number of carbonyl (C=O) groups is 2. The summed E-state index contributed by atoms with van der Waals surface area (Å²) in [6.45, 7) is -0.224. The zero-order valence-electron chi connectivity index (χ0n) is 14.2. The van der Waals surface area contributed by atoms with Crippen molar-refractivity contribution >= 4 is 46.7 Å². The molecular weight excluding hydrogens is 386 g/mol. The highest BCUT2D eigenvalue weighted by Gasteiger charge is 2.18. The average molecular weight is 403 g/mol. The van der Waals surface area contributed by atoms with Crippen LogP contribution >= 0.6 is 23.5 Å². The summed E-state index contributed by atoms with van der Waals surface area (Å²) in [7, 11) is 0. The summed E-state index contributed by atoms with van der Waals surface area (Å²) < 4.78 is 0.385. The molecule has 0 saturated carbocycles. The molecule has 7 nitrogen and oxygen atoms in total. The van der Waals surface area contributed by atoms with Crippen molar-refractivity contribution in [3.05, 3.63) is 69.8 Å². The average Bonchev–Trinajstić information content (AvgIpc) is 3.21. The molecule has 1 saturated heterocycles. The topological polar surface area (TPSA) is 101 Å². The maximum Gasteiger partial charge on any atom is 0.270 e. The molecule has 1 aliphatic rings. The van der Waals surface area contributed by atoms with Crippen LogP contribution in [0.4, 0.5) is 11.4 Å². The van der Waals surface area contributed by atoms with Gasteiger partial charge in [-0.15, -0.1) is 23.5 Å². The molecule has 0 aliphatic carbocycles. The van der Waals surface area contributed by atoms with Gasteiger partial charge < -0.3 is 10.6 Å². The van der Waals surface area contributed by atoms with Crippen molar-refractivity contribution in [3.8, 4) is 0 Å². The number of hydrogen-bond acceptors (Lipinski definition) is 6. The van der Waals surface area contributed by atoms with Crippen LogP contribution in [0, 0.1) is 10.1 Å². The predicted octanol–water partition coefficient (Wildman–Crippen LogP) is 3.44. The molecule has 0 unspecified atom stereocenters. The zero-order valence-corrected chi connectivity index (χ0v) is 15.8. The number of nitro groups is 1. The van der Waals surface area contributed by atoms with Crippen LogP contribution in [-0.2, 0) is 4.79 Å². The molecule has 3 rings (SSSR count). The molecule has 9 heteroatoms. The SMILES string of the molecule is O=C(CNC(=O)c1cccc([N+](=O)[O-])c1)Nc1cccc(C2SCCS2)c1. The van der Waals surface area contributed by atoms with E-state index in [2.05, 4.69) is 10.6 Å². The van der Waals surface area contributed by atoms with E-state index in [0.29, 0.717) is 10.3 Å². The highest BCUT2D eigenvalue weighted by Crippen LogP contribution is 2.45. The summed E-state index contributed by atoms with van der Waals surface area (Å²) in [5.74, 6) is 1.34. The van der Waals surface area contributed by atoms with E-state index in [0.717, 1.165) is 17.1 Å². The van der Waals surface area contributed by atoms with Gasteiger partial charge in [-0.1, -0.05) is 18.2 Å². The molecule has 1 fully saturated rings. The minimum absolute atomic E-state index is 0.134. The number of thioether (sulfide) groups is 2. The molecule has 140 valence electrons.